The lowest BCUT2D eigenvalue weighted by Gasteiger charge is -1.96. The zero-order valence-electron chi connectivity index (χ0n) is 14.9. The van der Waals surface area contributed by atoms with Crippen LogP contribution in [0.25, 0.3) is 27.0 Å². The topological polar surface area (TPSA) is 25.8 Å². The van der Waals surface area contributed by atoms with Crippen molar-refractivity contribution in [3.63, 3.8) is 0 Å². The largest absolute Gasteiger partial charge is 0.241 e. The van der Waals surface area contributed by atoms with Crippen LogP contribution in [0.2, 0.25) is 0 Å². The number of allylic oxidation sites excluding steroid dienone is 1. The molecule has 0 unspecified atom stereocenters. The fourth-order valence-electron chi connectivity index (χ4n) is 1.96. The van der Waals surface area contributed by atoms with E-state index in [2.05, 4.69) is 40.3 Å². The van der Waals surface area contributed by atoms with Crippen LogP contribution in [0, 0.1) is 6.92 Å². The monoisotopic (exact) mass is 326 g/mol. The third-order valence-electron chi connectivity index (χ3n) is 2.91. The summed E-state index contributed by atoms with van der Waals surface area (Å²) in [7, 11) is 0. The molecule has 0 aliphatic carbocycles. The van der Waals surface area contributed by atoms with Gasteiger partial charge in [0.2, 0.25) is 0 Å². The van der Waals surface area contributed by atoms with Crippen molar-refractivity contribution in [3.05, 3.63) is 53.7 Å². The van der Waals surface area contributed by atoms with Crippen LogP contribution < -0.4 is 0 Å². The number of hydrogen-bond donors (Lipinski definition) is 0. The second-order valence-corrected chi connectivity index (χ2v) is 5.40. The number of nitrogens with zero attached hydrogens (tertiary/aromatic N) is 2. The zero-order chi connectivity index (χ0) is 17.2. The van der Waals surface area contributed by atoms with Crippen LogP contribution in [-0.4, -0.2) is 9.97 Å². The first-order valence-electron chi connectivity index (χ1n) is 8.23. The highest BCUT2D eigenvalue weighted by atomic mass is 32.1. The van der Waals surface area contributed by atoms with Crippen molar-refractivity contribution in [3.8, 4) is 10.6 Å². The van der Waals surface area contributed by atoms with Gasteiger partial charge in [-0.1, -0.05) is 75.4 Å². The normalized spacial score (nSPS) is 10.0. The van der Waals surface area contributed by atoms with Gasteiger partial charge in [0.1, 0.15) is 15.4 Å². The van der Waals surface area contributed by atoms with Gasteiger partial charge in [-0.05, 0) is 31.5 Å². The molecule has 3 heteroatoms. The van der Waals surface area contributed by atoms with Crippen molar-refractivity contribution in [2.24, 2.45) is 0 Å². The minimum Gasteiger partial charge on any atom is -0.241 e. The van der Waals surface area contributed by atoms with Crippen molar-refractivity contribution in [1.29, 1.82) is 0 Å². The molecule has 3 aromatic rings. The first-order valence-corrected chi connectivity index (χ1v) is 9.05. The average Bonchev–Trinajstić information content (AvgIpc) is 3.02. The van der Waals surface area contributed by atoms with Crippen LogP contribution in [0.5, 0.6) is 0 Å². The first-order chi connectivity index (χ1) is 11.3. The highest BCUT2D eigenvalue weighted by Gasteiger charge is 2.07. The highest BCUT2D eigenvalue weighted by Crippen LogP contribution is 2.29. The quantitative estimate of drug-likeness (QED) is 0.520. The van der Waals surface area contributed by atoms with Gasteiger partial charge in [-0.3, -0.25) is 0 Å². The molecule has 0 radical (unpaired) electrons. The molecule has 0 spiro atoms. The molecular formula is C20H26N2S. The summed E-state index contributed by atoms with van der Waals surface area (Å²) >= 11 is 1.64. The van der Waals surface area contributed by atoms with Gasteiger partial charge >= 0.3 is 0 Å². The number of pyridine rings is 1. The van der Waals surface area contributed by atoms with Crippen LogP contribution in [0.3, 0.4) is 0 Å². The van der Waals surface area contributed by atoms with Gasteiger partial charge in [0, 0.05) is 11.3 Å². The van der Waals surface area contributed by atoms with E-state index in [1.54, 1.807) is 11.3 Å². The predicted molar refractivity (Wildman–Crippen MR) is 105 cm³/mol. The Morgan fingerprint density at radius 3 is 2.13 bits per heavy atom. The van der Waals surface area contributed by atoms with Crippen LogP contribution >= 0.6 is 11.3 Å². The van der Waals surface area contributed by atoms with Crippen LogP contribution in [0.1, 0.15) is 45.9 Å². The Morgan fingerprint density at radius 2 is 1.52 bits per heavy atom. The van der Waals surface area contributed by atoms with Crippen molar-refractivity contribution in [2.75, 3.05) is 0 Å². The molecule has 0 saturated carbocycles. The molecule has 122 valence electrons. The van der Waals surface area contributed by atoms with E-state index in [0.29, 0.717) is 0 Å². The standard InChI is InChI=1S/C16H14N2S.2C2H6/c1-3-4-12-6-8-13(9-7-12)15-18-14-10-5-11(2)17-16(14)19-15;2*1-2/h3-10H,1-2H3;2*1-2H3/b4-3+;;. The van der Waals surface area contributed by atoms with E-state index in [1.165, 1.54) is 5.56 Å². The van der Waals surface area contributed by atoms with Gasteiger partial charge in [0.05, 0.1) is 0 Å². The maximum absolute atomic E-state index is 4.64. The van der Waals surface area contributed by atoms with E-state index in [0.717, 1.165) is 26.6 Å². The van der Waals surface area contributed by atoms with Gasteiger partial charge in [0.15, 0.2) is 0 Å². The Kier molecular flexibility index (Phi) is 8.20. The highest BCUT2D eigenvalue weighted by molar-refractivity contribution is 7.21. The lowest BCUT2D eigenvalue weighted by Crippen LogP contribution is -1.78. The molecule has 3 rings (SSSR count). The zero-order valence-corrected chi connectivity index (χ0v) is 15.7. The number of aryl methyl sites for hydroxylation is 1. The molecule has 0 saturated heterocycles. The number of aromatic nitrogens is 2. The maximum Gasteiger partial charge on any atom is 0.144 e. The summed E-state index contributed by atoms with van der Waals surface area (Å²) in [6, 6.07) is 12.5. The molecular weight excluding hydrogens is 300 g/mol. The van der Waals surface area contributed by atoms with Crippen molar-refractivity contribution >= 4 is 27.8 Å². The van der Waals surface area contributed by atoms with Crippen LogP contribution in [-0.2, 0) is 0 Å². The molecule has 0 bridgehead atoms. The lowest BCUT2D eigenvalue weighted by molar-refractivity contribution is 1.26. The molecule has 2 aromatic heterocycles. The van der Waals surface area contributed by atoms with Crippen molar-refractivity contribution in [2.45, 2.75) is 41.5 Å². The van der Waals surface area contributed by atoms with E-state index in [9.17, 15) is 0 Å². The fraction of sp³-hybridized carbons (Fsp3) is 0.300. The van der Waals surface area contributed by atoms with Gasteiger partial charge in [-0.2, -0.15) is 0 Å². The van der Waals surface area contributed by atoms with Gasteiger partial charge in [-0.25, -0.2) is 9.97 Å². The van der Waals surface area contributed by atoms with Gasteiger partial charge in [0.25, 0.3) is 0 Å². The Bertz CT molecular complexity index is 740. The van der Waals surface area contributed by atoms with E-state index in [-0.39, 0.29) is 0 Å². The number of hydrogen-bond acceptors (Lipinski definition) is 3. The maximum atomic E-state index is 4.64. The molecule has 1 aromatic carbocycles. The minimum atomic E-state index is 0.975. The SMILES string of the molecule is C/C=C/c1ccc(-c2nc3ccc(C)nc3s2)cc1.CC.CC. The van der Waals surface area contributed by atoms with Crippen LogP contribution in [0.4, 0.5) is 0 Å². The van der Waals surface area contributed by atoms with Gasteiger partial charge < -0.3 is 0 Å². The summed E-state index contributed by atoms with van der Waals surface area (Å²) in [6.07, 6.45) is 4.13. The summed E-state index contributed by atoms with van der Waals surface area (Å²) in [5, 5.41) is 1.03. The Labute approximate surface area is 143 Å². The van der Waals surface area contributed by atoms with E-state index >= 15 is 0 Å². The average molecular weight is 327 g/mol. The summed E-state index contributed by atoms with van der Waals surface area (Å²) in [5.41, 5.74) is 4.37. The van der Waals surface area contributed by atoms with Crippen molar-refractivity contribution in [1.82, 2.24) is 9.97 Å². The number of thiazole rings is 1. The van der Waals surface area contributed by atoms with Gasteiger partial charge in [-0.15, -0.1) is 0 Å². The molecule has 0 aliphatic heterocycles. The molecule has 0 N–H and O–H groups in total. The predicted octanol–water partition coefficient (Wildman–Crippen LogP) is 6.75. The second-order valence-electron chi connectivity index (χ2n) is 4.42. The molecule has 0 atom stereocenters. The third kappa shape index (κ3) is 5.00. The molecule has 0 amide bonds. The number of rotatable bonds is 2. The molecule has 2 nitrogen and oxygen atoms in total. The van der Waals surface area contributed by atoms with Crippen molar-refractivity contribution < 1.29 is 0 Å². The third-order valence-corrected chi connectivity index (χ3v) is 3.93. The molecule has 2 heterocycles. The first kappa shape index (κ1) is 19.0. The molecule has 23 heavy (non-hydrogen) atoms. The Morgan fingerprint density at radius 1 is 0.870 bits per heavy atom. The lowest BCUT2D eigenvalue weighted by atomic mass is 10.1. The van der Waals surface area contributed by atoms with E-state index in [4.69, 9.17) is 0 Å². The molecule has 0 fully saturated rings. The minimum absolute atomic E-state index is 0.975. The Hall–Kier alpha value is -2.00. The van der Waals surface area contributed by atoms with E-state index < -0.39 is 0 Å². The number of fused-ring (bicyclic) bond motifs is 1. The second kappa shape index (κ2) is 9.90. The molecule has 0 aliphatic rings. The van der Waals surface area contributed by atoms with E-state index in [1.807, 2.05) is 59.8 Å². The summed E-state index contributed by atoms with van der Waals surface area (Å²) < 4.78 is 0. The number of benzene rings is 1. The summed E-state index contributed by atoms with van der Waals surface area (Å²) in [6.45, 7) is 12.0. The fourth-order valence-corrected chi connectivity index (χ4v) is 2.95. The van der Waals surface area contributed by atoms with Crippen LogP contribution in [0.15, 0.2) is 42.5 Å². The summed E-state index contributed by atoms with van der Waals surface area (Å²) in [4.78, 5) is 10.2. The smallest absolute Gasteiger partial charge is 0.144 e. The summed E-state index contributed by atoms with van der Waals surface area (Å²) in [5.74, 6) is 0. The Balaban J connectivity index is 0.000000615.